The van der Waals surface area contributed by atoms with E-state index in [9.17, 15) is 9.59 Å². The highest BCUT2D eigenvalue weighted by Gasteiger charge is 2.25. The van der Waals surface area contributed by atoms with Crippen molar-refractivity contribution in [2.45, 2.75) is 64.8 Å². The van der Waals surface area contributed by atoms with E-state index in [1.165, 1.54) is 0 Å². The maximum absolute atomic E-state index is 13.4. The summed E-state index contributed by atoms with van der Waals surface area (Å²) in [6, 6.07) is 7.43. The summed E-state index contributed by atoms with van der Waals surface area (Å²) < 4.78 is 0. The van der Waals surface area contributed by atoms with Crippen LogP contribution in [0.2, 0.25) is 0 Å². The van der Waals surface area contributed by atoms with Gasteiger partial charge in [0, 0.05) is 30.2 Å². The molecule has 2 aromatic rings. The highest BCUT2D eigenvalue weighted by atomic mass is 35.5. The van der Waals surface area contributed by atoms with Crippen LogP contribution >= 0.6 is 12.4 Å². The first-order chi connectivity index (χ1) is 14.1. The third-order valence-electron chi connectivity index (χ3n) is 5.27. The number of fused-ring (bicyclic) bond motifs is 1. The van der Waals surface area contributed by atoms with Crippen molar-refractivity contribution < 1.29 is 14.7 Å². The van der Waals surface area contributed by atoms with Gasteiger partial charge in [0.25, 0.3) is 0 Å². The van der Waals surface area contributed by atoms with Gasteiger partial charge in [0.2, 0.25) is 5.91 Å². The predicted molar refractivity (Wildman–Crippen MR) is 124 cm³/mol. The fraction of sp³-hybridized carbons (Fsp3) is 0.565. The molecule has 0 bridgehead atoms. The summed E-state index contributed by atoms with van der Waals surface area (Å²) in [7, 11) is 0. The normalized spacial score (nSPS) is 11.8. The van der Waals surface area contributed by atoms with Crippen LogP contribution < -0.4 is 5.32 Å². The van der Waals surface area contributed by atoms with Crippen molar-refractivity contribution in [3.8, 4) is 0 Å². The van der Waals surface area contributed by atoms with Gasteiger partial charge in [0.1, 0.15) is 0 Å². The summed E-state index contributed by atoms with van der Waals surface area (Å²) in [4.78, 5) is 29.7. The van der Waals surface area contributed by atoms with Crippen LogP contribution in [0.3, 0.4) is 0 Å². The van der Waals surface area contributed by atoms with E-state index in [2.05, 4.69) is 24.1 Å². The number of nitrogens with zero attached hydrogens (tertiary/aromatic N) is 1. The summed E-state index contributed by atoms with van der Waals surface area (Å²) in [5.74, 6) is -0.950. The first kappa shape index (κ1) is 26.0. The highest BCUT2D eigenvalue weighted by molar-refractivity contribution is 5.86. The number of para-hydroxylation sites is 1. The Morgan fingerprint density at radius 2 is 1.70 bits per heavy atom. The van der Waals surface area contributed by atoms with Crippen LogP contribution in [0, 0.1) is 0 Å². The topological polar surface area (TPSA) is 85.4 Å². The Labute approximate surface area is 185 Å². The average molecular weight is 438 g/mol. The van der Waals surface area contributed by atoms with Crippen molar-refractivity contribution in [3.63, 3.8) is 0 Å². The van der Waals surface area contributed by atoms with Crippen LogP contribution in [0.15, 0.2) is 30.5 Å². The molecule has 7 heteroatoms. The number of hydrogen-bond acceptors (Lipinski definition) is 3. The lowest BCUT2D eigenvalue weighted by Gasteiger charge is -2.28. The third-order valence-corrected chi connectivity index (χ3v) is 5.27. The molecular weight excluding hydrogens is 402 g/mol. The van der Waals surface area contributed by atoms with Crippen LogP contribution in [0.25, 0.3) is 10.9 Å². The molecule has 0 saturated heterocycles. The van der Waals surface area contributed by atoms with Gasteiger partial charge >= 0.3 is 5.97 Å². The molecule has 0 saturated carbocycles. The summed E-state index contributed by atoms with van der Waals surface area (Å²) in [6.07, 6.45) is 8.74. The van der Waals surface area contributed by atoms with Gasteiger partial charge in [-0.1, -0.05) is 57.7 Å². The van der Waals surface area contributed by atoms with E-state index in [4.69, 9.17) is 5.11 Å². The summed E-state index contributed by atoms with van der Waals surface area (Å²) >= 11 is 0. The Hall–Kier alpha value is -2.05. The first-order valence-electron chi connectivity index (χ1n) is 10.9. The lowest BCUT2D eigenvalue weighted by molar-refractivity contribution is -0.137. The van der Waals surface area contributed by atoms with Gasteiger partial charge in [-0.2, -0.15) is 0 Å². The molecule has 1 aromatic carbocycles. The quantitative estimate of drug-likeness (QED) is 0.383. The maximum Gasteiger partial charge on any atom is 0.317 e. The van der Waals surface area contributed by atoms with Crippen molar-refractivity contribution in [1.29, 1.82) is 0 Å². The minimum absolute atomic E-state index is 0. The number of rotatable bonds is 14. The van der Waals surface area contributed by atoms with E-state index >= 15 is 0 Å². The highest BCUT2D eigenvalue weighted by Crippen LogP contribution is 2.20. The second-order valence-electron chi connectivity index (χ2n) is 7.63. The van der Waals surface area contributed by atoms with Crippen molar-refractivity contribution in [3.05, 3.63) is 36.0 Å². The molecule has 0 spiro atoms. The monoisotopic (exact) mass is 437 g/mol. The van der Waals surface area contributed by atoms with Gasteiger partial charge in [-0.05, 0) is 30.9 Å². The number of benzene rings is 1. The van der Waals surface area contributed by atoms with Crippen LogP contribution in [-0.4, -0.2) is 52.5 Å². The zero-order chi connectivity index (χ0) is 21.1. The van der Waals surface area contributed by atoms with Crippen LogP contribution in [-0.2, 0) is 16.0 Å². The Bertz CT molecular complexity index is 768. The number of aromatic amines is 1. The van der Waals surface area contributed by atoms with E-state index in [1.807, 2.05) is 35.4 Å². The van der Waals surface area contributed by atoms with Gasteiger partial charge in [0.05, 0.1) is 12.6 Å². The molecule has 2 rings (SSSR count). The van der Waals surface area contributed by atoms with Crippen molar-refractivity contribution in [2.75, 3.05) is 19.6 Å². The van der Waals surface area contributed by atoms with Crippen LogP contribution in [0.5, 0.6) is 0 Å². The van der Waals surface area contributed by atoms with Crippen molar-refractivity contribution in [1.82, 2.24) is 15.2 Å². The largest absolute Gasteiger partial charge is 0.480 e. The number of unbranched alkanes of at least 4 members (excludes halogenated alkanes) is 4. The molecular formula is C23H36ClN3O3. The van der Waals surface area contributed by atoms with E-state index in [-0.39, 0.29) is 24.9 Å². The number of halogens is 1. The molecule has 1 amide bonds. The minimum atomic E-state index is -0.953. The zero-order valence-corrected chi connectivity index (χ0v) is 19.0. The summed E-state index contributed by atoms with van der Waals surface area (Å²) in [5.41, 5.74) is 2.05. The molecule has 0 unspecified atom stereocenters. The van der Waals surface area contributed by atoms with Gasteiger partial charge < -0.3 is 15.0 Å². The van der Waals surface area contributed by atoms with E-state index < -0.39 is 12.0 Å². The van der Waals surface area contributed by atoms with Crippen molar-refractivity contribution in [2.24, 2.45) is 0 Å². The van der Waals surface area contributed by atoms with Crippen LogP contribution in [0.4, 0.5) is 0 Å². The Morgan fingerprint density at radius 3 is 2.30 bits per heavy atom. The first-order valence-corrected chi connectivity index (χ1v) is 10.9. The average Bonchev–Trinajstić information content (AvgIpc) is 3.12. The number of H-pyrrole nitrogens is 1. The van der Waals surface area contributed by atoms with Crippen LogP contribution in [0.1, 0.15) is 57.9 Å². The van der Waals surface area contributed by atoms with E-state index in [0.717, 1.165) is 68.1 Å². The molecule has 1 aromatic heterocycles. The fourth-order valence-corrected chi connectivity index (χ4v) is 3.64. The molecule has 3 N–H and O–H groups in total. The maximum atomic E-state index is 13.4. The lowest BCUT2D eigenvalue weighted by Crippen LogP contribution is -2.49. The fourth-order valence-electron chi connectivity index (χ4n) is 3.64. The number of carbonyl (C=O) groups is 2. The van der Waals surface area contributed by atoms with Crippen molar-refractivity contribution >= 4 is 35.2 Å². The molecule has 30 heavy (non-hydrogen) atoms. The number of aromatic nitrogens is 1. The van der Waals surface area contributed by atoms with Gasteiger partial charge in [-0.25, -0.2) is 0 Å². The molecule has 1 atom stereocenters. The third kappa shape index (κ3) is 8.00. The van der Waals surface area contributed by atoms with E-state index in [0.29, 0.717) is 6.42 Å². The lowest BCUT2D eigenvalue weighted by atomic mass is 10.0. The Balaban J connectivity index is 0.00000450. The number of amides is 1. The Kier molecular flexibility index (Phi) is 12.2. The van der Waals surface area contributed by atoms with Gasteiger partial charge in [-0.3, -0.25) is 14.9 Å². The molecule has 0 aliphatic carbocycles. The number of carboxylic acids is 1. The standard InChI is InChI=1S/C23H35N3O3.ClH/c1-3-5-9-13-26(14-10-6-4-2)23(29)21(25-17-22(27)28)15-18-16-24-20-12-8-7-11-19(18)20;/h7-8,11-12,16,21,24-25H,3-6,9-10,13-15,17H2,1-2H3,(H,27,28);1H/t21-;/m1./s1. The minimum Gasteiger partial charge on any atom is -0.480 e. The summed E-state index contributed by atoms with van der Waals surface area (Å²) in [6.45, 7) is 5.54. The molecule has 0 fully saturated rings. The second-order valence-corrected chi connectivity index (χ2v) is 7.63. The second kappa shape index (κ2) is 14.0. The number of nitrogens with one attached hydrogen (secondary N) is 2. The molecule has 0 radical (unpaired) electrons. The number of aliphatic carboxylic acids is 1. The number of carbonyl (C=O) groups excluding carboxylic acids is 1. The number of carboxylic acid groups (broad SMARTS) is 1. The SMILES string of the molecule is CCCCCN(CCCCC)C(=O)[C@@H](Cc1c[nH]c2ccccc12)NCC(=O)O.Cl. The smallest absolute Gasteiger partial charge is 0.317 e. The van der Waals surface area contributed by atoms with Gasteiger partial charge in [0.15, 0.2) is 0 Å². The zero-order valence-electron chi connectivity index (χ0n) is 18.2. The Morgan fingerprint density at radius 1 is 1.07 bits per heavy atom. The predicted octanol–water partition coefficient (Wildman–Crippen LogP) is 4.38. The molecule has 1 heterocycles. The number of hydrogen-bond donors (Lipinski definition) is 3. The van der Waals surface area contributed by atoms with E-state index in [1.54, 1.807) is 0 Å². The molecule has 0 aliphatic heterocycles. The van der Waals surface area contributed by atoms with Gasteiger partial charge in [-0.15, -0.1) is 12.4 Å². The molecule has 168 valence electrons. The summed E-state index contributed by atoms with van der Waals surface area (Å²) in [5, 5.41) is 13.2. The molecule has 0 aliphatic rings. The molecule has 6 nitrogen and oxygen atoms in total.